The van der Waals surface area contributed by atoms with Gasteiger partial charge in [0, 0.05) is 5.02 Å². The summed E-state index contributed by atoms with van der Waals surface area (Å²) in [4.78, 5) is 12.4. The van der Waals surface area contributed by atoms with Crippen LogP contribution in [0.2, 0.25) is 5.02 Å². The average Bonchev–Trinajstić information content (AvgIpc) is 2.64. The van der Waals surface area contributed by atoms with Crippen LogP contribution in [0.15, 0.2) is 48.5 Å². The topological polar surface area (TPSA) is 35.5 Å². The lowest BCUT2D eigenvalue weighted by Crippen LogP contribution is -2.43. The van der Waals surface area contributed by atoms with Crippen LogP contribution in [0.3, 0.4) is 0 Å². The van der Waals surface area contributed by atoms with Gasteiger partial charge in [0.05, 0.1) is 6.10 Å². The van der Waals surface area contributed by atoms with Gasteiger partial charge in [0.25, 0.3) is 0 Å². The molecule has 26 heavy (non-hydrogen) atoms. The van der Waals surface area contributed by atoms with Crippen LogP contribution in [-0.2, 0) is 16.0 Å². The Bertz CT molecular complexity index is 709. The molecule has 0 aliphatic carbocycles. The monoisotopic (exact) mass is 374 g/mol. The van der Waals surface area contributed by atoms with Gasteiger partial charge >= 0.3 is 5.97 Å². The average molecular weight is 375 g/mol. The molecule has 0 fully saturated rings. The normalized spacial score (nSPS) is 14.3. The zero-order valence-corrected chi connectivity index (χ0v) is 16.7. The van der Waals surface area contributed by atoms with Crippen molar-refractivity contribution in [2.75, 3.05) is 0 Å². The second-order valence-corrected chi connectivity index (χ2v) is 7.19. The maximum atomic E-state index is 12.4. The van der Waals surface area contributed by atoms with Crippen LogP contribution in [0.5, 0.6) is 5.75 Å². The molecule has 0 heterocycles. The third-order valence-electron chi connectivity index (χ3n) is 4.58. The highest BCUT2D eigenvalue weighted by molar-refractivity contribution is 6.30. The van der Waals surface area contributed by atoms with Crippen LogP contribution in [0.4, 0.5) is 0 Å². The van der Waals surface area contributed by atoms with E-state index in [0.29, 0.717) is 12.2 Å². The highest BCUT2D eigenvalue weighted by Gasteiger charge is 2.36. The minimum Gasteiger partial charge on any atom is -0.476 e. The second kappa shape index (κ2) is 9.09. The Labute approximate surface area is 161 Å². The number of halogens is 1. The van der Waals surface area contributed by atoms with Gasteiger partial charge in [-0.25, -0.2) is 4.79 Å². The third-order valence-corrected chi connectivity index (χ3v) is 4.83. The summed E-state index contributed by atoms with van der Waals surface area (Å²) in [5, 5.41) is 0.737. The standard InChI is InChI=1S/C22H27ClO3/c1-5-16(3)25-21(24)22(4,6-2)26-20-13-9-18(10-14-20)15-17-7-11-19(23)12-8-17/h7-14,16H,5-6,15H2,1-4H3. The molecule has 2 unspecified atom stereocenters. The Morgan fingerprint density at radius 1 is 1.04 bits per heavy atom. The van der Waals surface area contributed by atoms with Crippen LogP contribution >= 0.6 is 11.6 Å². The molecule has 0 aliphatic rings. The van der Waals surface area contributed by atoms with Gasteiger partial charge in [-0.2, -0.15) is 0 Å². The number of esters is 1. The quantitative estimate of drug-likeness (QED) is 0.546. The number of benzene rings is 2. The van der Waals surface area contributed by atoms with Gasteiger partial charge in [-0.1, -0.05) is 49.7 Å². The van der Waals surface area contributed by atoms with Gasteiger partial charge in [-0.05, 0) is 68.5 Å². The van der Waals surface area contributed by atoms with E-state index in [1.54, 1.807) is 6.92 Å². The number of hydrogen-bond acceptors (Lipinski definition) is 3. The zero-order chi connectivity index (χ0) is 19.2. The Morgan fingerprint density at radius 2 is 1.58 bits per heavy atom. The van der Waals surface area contributed by atoms with Crippen LogP contribution < -0.4 is 4.74 Å². The predicted molar refractivity (Wildman–Crippen MR) is 106 cm³/mol. The lowest BCUT2D eigenvalue weighted by molar-refractivity contribution is -0.166. The first-order valence-corrected chi connectivity index (χ1v) is 9.47. The molecule has 0 spiro atoms. The minimum atomic E-state index is -0.985. The summed E-state index contributed by atoms with van der Waals surface area (Å²) in [5.74, 6) is 0.342. The number of hydrogen-bond donors (Lipinski definition) is 0. The largest absolute Gasteiger partial charge is 0.476 e. The fourth-order valence-corrected chi connectivity index (χ4v) is 2.55. The van der Waals surface area contributed by atoms with E-state index in [0.717, 1.165) is 17.9 Å². The number of carbonyl (C=O) groups is 1. The fraction of sp³-hybridized carbons (Fsp3) is 0.409. The van der Waals surface area contributed by atoms with Crippen LogP contribution in [-0.4, -0.2) is 17.7 Å². The van der Waals surface area contributed by atoms with E-state index in [1.165, 1.54) is 11.1 Å². The van der Waals surface area contributed by atoms with Gasteiger partial charge in [-0.3, -0.25) is 0 Å². The van der Waals surface area contributed by atoms with Gasteiger partial charge in [0.1, 0.15) is 5.75 Å². The van der Waals surface area contributed by atoms with E-state index in [1.807, 2.05) is 69.3 Å². The lowest BCUT2D eigenvalue weighted by Gasteiger charge is -2.28. The highest BCUT2D eigenvalue weighted by Crippen LogP contribution is 2.25. The van der Waals surface area contributed by atoms with Crippen molar-refractivity contribution in [2.24, 2.45) is 0 Å². The van der Waals surface area contributed by atoms with E-state index in [-0.39, 0.29) is 12.1 Å². The van der Waals surface area contributed by atoms with Gasteiger partial charge in [0.15, 0.2) is 0 Å². The molecule has 0 saturated heterocycles. The van der Waals surface area contributed by atoms with Crippen molar-refractivity contribution in [2.45, 2.75) is 58.7 Å². The van der Waals surface area contributed by atoms with Crippen molar-refractivity contribution in [3.8, 4) is 5.75 Å². The van der Waals surface area contributed by atoms with Gasteiger partial charge < -0.3 is 9.47 Å². The third kappa shape index (κ3) is 5.50. The smallest absolute Gasteiger partial charge is 0.350 e. The molecule has 2 aromatic carbocycles. The summed E-state index contributed by atoms with van der Waals surface area (Å²) in [7, 11) is 0. The minimum absolute atomic E-state index is 0.112. The van der Waals surface area contributed by atoms with Crippen molar-refractivity contribution < 1.29 is 14.3 Å². The van der Waals surface area contributed by atoms with E-state index in [9.17, 15) is 4.79 Å². The second-order valence-electron chi connectivity index (χ2n) is 6.76. The summed E-state index contributed by atoms with van der Waals surface area (Å²) in [6.07, 6.45) is 2.02. The number of rotatable bonds is 8. The Hall–Kier alpha value is -2.00. The molecule has 0 aliphatic heterocycles. The molecule has 4 heteroatoms. The van der Waals surface area contributed by atoms with Crippen LogP contribution in [0, 0.1) is 0 Å². The van der Waals surface area contributed by atoms with Crippen molar-refractivity contribution in [3.63, 3.8) is 0 Å². The first-order chi connectivity index (χ1) is 12.4. The van der Waals surface area contributed by atoms with Crippen molar-refractivity contribution >= 4 is 17.6 Å². The molecule has 0 amide bonds. The van der Waals surface area contributed by atoms with Gasteiger partial charge in [0.2, 0.25) is 5.60 Å². The first kappa shape index (κ1) is 20.3. The van der Waals surface area contributed by atoms with E-state index in [4.69, 9.17) is 21.1 Å². The molecule has 2 aromatic rings. The van der Waals surface area contributed by atoms with Crippen molar-refractivity contribution in [3.05, 3.63) is 64.7 Å². The molecule has 2 atom stereocenters. The molecular weight excluding hydrogens is 348 g/mol. The maximum Gasteiger partial charge on any atom is 0.350 e. The Morgan fingerprint density at radius 3 is 2.08 bits per heavy atom. The molecule has 2 rings (SSSR count). The van der Waals surface area contributed by atoms with E-state index < -0.39 is 5.60 Å². The molecule has 140 valence electrons. The lowest BCUT2D eigenvalue weighted by atomic mass is 10.0. The number of ether oxygens (including phenoxy) is 2. The summed E-state index contributed by atoms with van der Waals surface area (Å²) < 4.78 is 11.5. The summed E-state index contributed by atoms with van der Waals surface area (Å²) in [6, 6.07) is 15.6. The molecule has 0 aromatic heterocycles. The molecule has 3 nitrogen and oxygen atoms in total. The predicted octanol–water partition coefficient (Wildman–Crippen LogP) is 5.82. The molecule has 0 saturated carbocycles. The van der Waals surface area contributed by atoms with Crippen molar-refractivity contribution in [1.29, 1.82) is 0 Å². The number of carbonyl (C=O) groups excluding carboxylic acids is 1. The van der Waals surface area contributed by atoms with E-state index in [2.05, 4.69) is 0 Å². The molecule has 0 bridgehead atoms. The first-order valence-electron chi connectivity index (χ1n) is 9.09. The van der Waals surface area contributed by atoms with Crippen molar-refractivity contribution in [1.82, 2.24) is 0 Å². The maximum absolute atomic E-state index is 12.4. The summed E-state index contributed by atoms with van der Waals surface area (Å²) in [6.45, 7) is 7.58. The highest BCUT2D eigenvalue weighted by atomic mass is 35.5. The molecular formula is C22H27ClO3. The molecule has 0 radical (unpaired) electrons. The SMILES string of the molecule is CCC(C)OC(=O)C(C)(CC)Oc1ccc(Cc2ccc(Cl)cc2)cc1. The Kier molecular flexibility index (Phi) is 7.10. The van der Waals surface area contributed by atoms with Gasteiger partial charge in [-0.15, -0.1) is 0 Å². The molecule has 0 N–H and O–H groups in total. The zero-order valence-electron chi connectivity index (χ0n) is 15.9. The Balaban J connectivity index is 2.04. The fourth-order valence-electron chi connectivity index (χ4n) is 2.42. The van der Waals surface area contributed by atoms with Crippen LogP contribution in [0.25, 0.3) is 0 Å². The van der Waals surface area contributed by atoms with Crippen LogP contribution in [0.1, 0.15) is 51.7 Å². The summed E-state index contributed by atoms with van der Waals surface area (Å²) in [5.41, 5.74) is 1.37. The van der Waals surface area contributed by atoms with E-state index >= 15 is 0 Å². The summed E-state index contributed by atoms with van der Waals surface area (Å²) >= 11 is 5.92.